The highest BCUT2D eigenvalue weighted by molar-refractivity contribution is 5.94. The molecule has 3 rings (SSSR count). The lowest BCUT2D eigenvalue weighted by molar-refractivity contribution is 0.0957. The van der Waals surface area contributed by atoms with E-state index >= 15 is 0 Å². The standard InChI is InChI=1S/C19H21N3O2/c1-2-11-20-19(23)15-8-9-17(21-13-15)22-16-10-12-24-18(16)14-6-4-3-5-7-14/h2-9,13,16,18H,1,10-12H2,(H,20,23)(H,21,22)/t16-,18+/m0/s1. The number of aromatic nitrogens is 1. The first-order chi connectivity index (χ1) is 11.8. The van der Waals surface area contributed by atoms with Crippen LogP contribution in [0.3, 0.4) is 0 Å². The zero-order valence-electron chi connectivity index (χ0n) is 13.4. The maximum Gasteiger partial charge on any atom is 0.253 e. The summed E-state index contributed by atoms with van der Waals surface area (Å²) < 4.78 is 5.87. The number of nitrogens with one attached hydrogen (secondary N) is 2. The van der Waals surface area contributed by atoms with Crippen LogP contribution in [0.25, 0.3) is 0 Å². The van der Waals surface area contributed by atoms with Crippen molar-refractivity contribution in [1.82, 2.24) is 10.3 Å². The molecule has 2 N–H and O–H groups in total. The number of nitrogens with zero attached hydrogens (tertiary/aromatic N) is 1. The number of hydrogen-bond donors (Lipinski definition) is 2. The fraction of sp³-hybridized carbons (Fsp3) is 0.263. The summed E-state index contributed by atoms with van der Waals surface area (Å²) in [6, 6.07) is 13.9. The SMILES string of the molecule is C=CCNC(=O)c1ccc(N[C@H]2CCO[C@@H]2c2ccccc2)nc1. The van der Waals surface area contributed by atoms with E-state index in [1.807, 2.05) is 24.3 Å². The third kappa shape index (κ3) is 3.81. The summed E-state index contributed by atoms with van der Waals surface area (Å²) in [5, 5.41) is 6.15. The predicted molar refractivity (Wildman–Crippen MR) is 93.9 cm³/mol. The molecule has 0 radical (unpaired) electrons. The second-order valence-electron chi connectivity index (χ2n) is 5.67. The molecular weight excluding hydrogens is 302 g/mol. The van der Waals surface area contributed by atoms with Gasteiger partial charge in [-0.25, -0.2) is 4.98 Å². The molecule has 1 aromatic heterocycles. The molecule has 124 valence electrons. The Morgan fingerprint density at radius 2 is 2.12 bits per heavy atom. The Morgan fingerprint density at radius 3 is 2.83 bits per heavy atom. The van der Waals surface area contributed by atoms with Gasteiger partial charge >= 0.3 is 0 Å². The lowest BCUT2D eigenvalue weighted by Gasteiger charge is -2.20. The van der Waals surface area contributed by atoms with Crippen LogP contribution in [0.4, 0.5) is 5.82 Å². The molecule has 5 nitrogen and oxygen atoms in total. The third-order valence-electron chi connectivity index (χ3n) is 3.99. The highest BCUT2D eigenvalue weighted by Crippen LogP contribution is 2.30. The van der Waals surface area contributed by atoms with Crippen LogP contribution in [0.15, 0.2) is 61.3 Å². The van der Waals surface area contributed by atoms with Gasteiger partial charge in [-0.15, -0.1) is 6.58 Å². The Balaban J connectivity index is 1.65. The molecule has 0 spiro atoms. The van der Waals surface area contributed by atoms with Crippen LogP contribution < -0.4 is 10.6 Å². The van der Waals surface area contributed by atoms with Gasteiger partial charge in [-0.2, -0.15) is 0 Å². The second kappa shape index (κ2) is 7.75. The number of benzene rings is 1. The average molecular weight is 323 g/mol. The number of carbonyl (C=O) groups is 1. The summed E-state index contributed by atoms with van der Waals surface area (Å²) in [6.45, 7) is 4.74. The molecule has 1 fully saturated rings. The van der Waals surface area contributed by atoms with Gasteiger partial charge in [0.2, 0.25) is 0 Å². The smallest absolute Gasteiger partial charge is 0.253 e. The van der Waals surface area contributed by atoms with E-state index in [-0.39, 0.29) is 18.1 Å². The van der Waals surface area contributed by atoms with E-state index in [2.05, 4.69) is 34.3 Å². The fourth-order valence-electron chi connectivity index (χ4n) is 2.78. The molecule has 0 unspecified atom stereocenters. The highest BCUT2D eigenvalue weighted by atomic mass is 16.5. The van der Waals surface area contributed by atoms with Crippen molar-refractivity contribution < 1.29 is 9.53 Å². The van der Waals surface area contributed by atoms with E-state index in [4.69, 9.17) is 4.74 Å². The van der Waals surface area contributed by atoms with Crippen LogP contribution in [-0.2, 0) is 4.74 Å². The van der Waals surface area contributed by atoms with Gasteiger partial charge in [0.15, 0.2) is 0 Å². The summed E-state index contributed by atoms with van der Waals surface area (Å²) in [5.74, 6) is 0.590. The minimum Gasteiger partial charge on any atom is -0.371 e. The zero-order valence-corrected chi connectivity index (χ0v) is 13.4. The maximum atomic E-state index is 11.9. The number of pyridine rings is 1. The quantitative estimate of drug-likeness (QED) is 0.802. The number of rotatable bonds is 6. The van der Waals surface area contributed by atoms with Crippen molar-refractivity contribution in [2.24, 2.45) is 0 Å². The molecule has 1 aliphatic heterocycles. The molecule has 0 bridgehead atoms. The number of ether oxygens (including phenoxy) is 1. The summed E-state index contributed by atoms with van der Waals surface area (Å²) >= 11 is 0. The van der Waals surface area contributed by atoms with Crippen molar-refractivity contribution in [3.05, 3.63) is 72.4 Å². The molecular formula is C19H21N3O2. The predicted octanol–water partition coefficient (Wildman–Crippen LogP) is 2.94. The number of hydrogen-bond acceptors (Lipinski definition) is 4. The minimum atomic E-state index is -0.152. The monoisotopic (exact) mass is 323 g/mol. The molecule has 0 aliphatic carbocycles. The summed E-state index contributed by atoms with van der Waals surface area (Å²) in [5.41, 5.74) is 1.69. The van der Waals surface area contributed by atoms with E-state index in [0.29, 0.717) is 12.1 Å². The van der Waals surface area contributed by atoms with Gasteiger partial charge < -0.3 is 15.4 Å². The number of amides is 1. The molecule has 2 atom stereocenters. The van der Waals surface area contributed by atoms with Crippen LogP contribution in [0.1, 0.15) is 28.4 Å². The van der Waals surface area contributed by atoms with E-state index < -0.39 is 0 Å². The van der Waals surface area contributed by atoms with E-state index in [0.717, 1.165) is 24.4 Å². The molecule has 1 saturated heterocycles. The topological polar surface area (TPSA) is 63.2 Å². The average Bonchev–Trinajstić information content (AvgIpc) is 3.09. The maximum absolute atomic E-state index is 11.9. The molecule has 1 amide bonds. The lowest BCUT2D eigenvalue weighted by Crippen LogP contribution is -2.25. The Hall–Kier alpha value is -2.66. The Bertz CT molecular complexity index is 686. The normalized spacial score (nSPS) is 19.7. The van der Waals surface area contributed by atoms with Gasteiger partial charge in [0.05, 0.1) is 11.6 Å². The summed E-state index contributed by atoms with van der Waals surface area (Å²) in [6.07, 6.45) is 4.16. The Morgan fingerprint density at radius 1 is 1.29 bits per heavy atom. The Labute approximate surface area is 141 Å². The lowest BCUT2D eigenvalue weighted by atomic mass is 10.0. The van der Waals surface area contributed by atoms with Crippen LogP contribution >= 0.6 is 0 Å². The molecule has 1 aromatic carbocycles. The number of anilines is 1. The summed E-state index contributed by atoms with van der Waals surface area (Å²) in [4.78, 5) is 16.2. The third-order valence-corrected chi connectivity index (χ3v) is 3.99. The van der Waals surface area contributed by atoms with Crippen molar-refractivity contribution in [3.8, 4) is 0 Å². The van der Waals surface area contributed by atoms with Crippen molar-refractivity contribution in [2.45, 2.75) is 18.6 Å². The first kappa shape index (κ1) is 16.2. The zero-order chi connectivity index (χ0) is 16.8. The van der Waals surface area contributed by atoms with Crippen LogP contribution in [-0.4, -0.2) is 30.1 Å². The van der Waals surface area contributed by atoms with Gasteiger partial charge in [0.25, 0.3) is 5.91 Å². The van der Waals surface area contributed by atoms with Crippen molar-refractivity contribution in [1.29, 1.82) is 0 Å². The van der Waals surface area contributed by atoms with Crippen molar-refractivity contribution in [2.75, 3.05) is 18.5 Å². The second-order valence-corrected chi connectivity index (χ2v) is 5.67. The van der Waals surface area contributed by atoms with Gasteiger partial charge in [-0.1, -0.05) is 36.4 Å². The molecule has 5 heteroatoms. The Kier molecular flexibility index (Phi) is 5.23. The molecule has 24 heavy (non-hydrogen) atoms. The summed E-state index contributed by atoms with van der Waals surface area (Å²) in [7, 11) is 0. The molecule has 1 aliphatic rings. The minimum absolute atomic E-state index is 0.0172. The molecule has 2 aromatic rings. The van der Waals surface area contributed by atoms with Gasteiger partial charge in [-0.05, 0) is 24.1 Å². The van der Waals surface area contributed by atoms with Crippen LogP contribution in [0.5, 0.6) is 0 Å². The van der Waals surface area contributed by atoms with E-state index in [9.17, 15) is 4.79 Å². The first-order valence-corrected chi connectivity index (χ1v) is 8.06. The first-order valence-electron chi connectivity index (χ1n) is 8.06. The van der Waals surface area contributed by atoms with E-state index in [1.165, 1.54) is 0 Å². The van der Waals surface area contributed by atoms with E-state index in [1.54, 1.807) is 18.3 Å². The molecule has 0 saturated carbocycles. The van der Waals surface area contributed by atoms with Crippen molar-refractivity contribution in [3.63, 3.8) is 0 Å². The van der Waals surface area contributed by atoms with Gasteiger partial charge in [-0.3, -0.25) is 4.79 Å². The van der Waals surface area contributed by atoms with Crippen LogP contribution in [0, 0.1) is 0 Å². The largest absolute Gasteiger partial charge is 0.371 e. The molecule has 2 heterocycles. The van der Waals surface area contributed by atoms with Gasteiger partial charge in [0, 0.05) is 19.3 Å². The van der Waals surface area contributed by atoms with Crippen LogP contribution in [0.2, 0.25) is 0 Å². The fourth-order valence-corrected chi connectivity index (χ4v) is 2.78. The number of carbonyl (C=O) groups excluding carboxylic acids is 1. The highest BCUT2D eigenvalue weighted by Gasteiger charge is 2.29. The van der Waals surface area contributed by atoms with Gasteiger partial charge in [0.1, 0.15) is 11.9 Å². The van der Waals surface area contributed by atoms with Crippen molar-refractivity contribution >= 4 is 11.7 Å².